The van der Waals surface area contributed by atoms with Gasteiger partial charge in [0.15, 0.2) is 0 Å². The Bertz CT molecular complexity index is 544. The third kappa shape index (κ3) is 2.77. The standard InChI is InChI=1S/C16H20N2O/c19-16(18-10-4-1-5-11-18)12-13-8-9-17-15-7-3-2-6-14(13)15/h2-3,6-9,16,19H,1,4-5,10-12H2. The van der Waals surface area contributed by atoms with E-state index >= 15 is 0 Å². The molecule has 3 nitrogen and oxygen atoms in total. The van der Waals surface area contributed by atoms with Crippen molar-refractivity contribution in [1.29, 1.82) is 0 Å². The number of fused-ring (bicyclic) bond motifs is 1. The van der Waals surface area contributed by atoms with Crippen molar-refractivity contribution >= 4 is 10.9 Å². The average molecular weight is 256 g/mol. The Kier molecular flexibility index (Phi) is 3.76. The first-order valence-electron chi connectivity index (χ1n) is 7.09. The molecule has 1 N–H and O–H groups in total. The van der Waals surface area contributed by atoms with Gasteiger partial charge in [0.2, 0.25) is 0 Å². The van der Waals surface area contributed by atoms with Gasteiger partial charge < -0.3 is 5.11 Å². The Morgan fingerprint density at radius 3 is 2.74 bits per heavy atom. The van der Waals surface area contributed by atoms with Gasteiger partial charge in [0.1, 0.15) is 6.23 Å². The number of likely N-dealkylation sites (tertiary alicyclic amines) is 1. The Balaban J connectivity index is 1.80. The predicted molar refractivity (Wildman–Crippen MR) is 76.9 cm³/mol. The SMILES string of the molecule is OC(Cc1ccnc2ccccc12)N1CCCCC1. The number of hydrogen-bond donors (Lipinski definition) is 1. The van der Waals surface area contributed by atoms with Crippen LogP contribution >= 0.6 is 0 Å². The number of piperidine rings is 1. The van der Waals surface area contributed by atoms with Crippen LogP contribution in [-0.4, -0.2) is 34.3 Å². The summed E-state index contributed by atoms with van der Waals surface area (Å²) < 4.78 is 0. The number of aromatic nitrogens is 1. The summed E-state index contributed by atoms with van der Waals surface area (Å²) in [6, 6.07) is 10.2. The second kappa shape index (κ2) is 5.68. The van der Waals surface area contributed by atoms with Crippen LogP contribution in [0.4, 0.5) is 0 Å². The minimum atomic E-state index is -0.369. The van der Waals surface area contributed by atoms with Gasteiger partial charge in [0.25, 0.3) is 0 Å². The molecule has 1 aliphatic rings. The lowest BCUT2D eigenvalue weighted by Crippen LogP contribution is -2.40. The van der Waals surface area contributed by atoms with Gasteiger partial charge in [-0.2, -0.15) is 0 Å². The molecule has 100 valence electrons. The van der Waals surface area contributed by atoms with E-state index in [2.05, 4.69) is 16.0 Å². The summed E-state index contributed by atoms with van der Waals surface area (Å²) in [5.41, 5.74) is 2.19. The van der Waals surface area contributed by atoms with Crippen LogP contribution in [-0.2, 0) is 6.42 Å². The second-order valence-corrected chi connectivity index (χ2v) is 5.27. The molecule has 1 aromatic carbocycles. The first-order chi connectivity index (χ1) is 9.34. The smallest absolute Gasteiger partial charge is 0.111 e. The Morgan fingerprint density at radius 2 is 1.89 bits per heavy atom. The van der Waals surface area contributed by atoms with E-state index in [1.165, 1.54) is 24.8 Å². The molecule has 3 heteroatoms. The van der Waals surface area contributed by atoms with Gasteiger partial charge in [-0.15, -0.1) is 0 Å². The van der Waals surface area contributed by atoms with Crippen LogP contribution < -0.4 is 0 Å². The zero-order valence-corrected chi connectivity index (χ0v) is 11.1. The summed E-state index contributed by atoms with van der Waals surface area (Å²) in [6.07, 6.45) is 5.85. The number of rotatable bonds is 3. The van der Waals surface area contributed by atoms with E-state index in [4.69, 9.17) is 0 Å². The van der Waals surface area contributed by atoms with Crippen LogP contribution in [0.3, 0.4) is 0 Å². The Hall–Kier alpha value is -1.45. The van der Waals surface area contributed by atoms with Crippen LogP contribution in [0.15, 0.2) is 36.5 Å². The Labute approximate surface area is 113 Å². The normalized spacial score (nSPS) is 18.6. The molecule has 3 rings (SSSR count). The van der Waals surface area contributed by atoms with Crippen LogP contribution in [0.2, 0.25) is 0 Å². The molecular weight excluding hydrogens is 236 g/mol. The number of aliphatic hydroxyl groups is 1. The highest BCUT2D eigenvalue weighted by molar-refractivity contribution is 5.81. The molecule has 0 aliphatic carbocycles. The van der Waals surface area contributed by atoms with Crippen LogP contribution in [0.1, 0.15) is 24.8 Å². The number of para-hydroxylation sites is 1. The minimum Gasteiger partial charge on any atom is -0.378 e. The molecule has 1 fully saturated rings. The van der Waals surface area contributed by atoms with E-state index in [0.717, 1.165) is 24.0 Å². The van der Waals surface area contributed by atoms with Gasteiger partial charge in [-0.3, -0.25) is 9.88 Å². The largest absolute Gasteiger partial charge is 0.378 e. The molecule has 19 heavy (non-hydrogen) atoms. The van der Waals surface area contributed by atoms with Gasteiger partial charge in [-0.1, -0.05) is 24.6 Å². The average Bonchev–Trinajstić information content (AvgIpc) is 2.48. The maximum absolute atomic E-state index is 10.4. The van der Waals surface area contributed by atoms with Crippen molar-refractivity contribution in [2.45, 2.75) is 31.9 Å². The Morgan fingerprint density at radius 1 is 1.11 bits per heavy atom. The van der Waals surface area contributed by atoms with Crippen molar-refractivity contribution in [3.05, 3.63) is 42.1 Å². The summed E-state index contributed by atoms with van der Waals surface area (Å²) >= 11 is 0. The van der Waals surface area contributed by atoms with Crippen LogP contribution in [0.5, 0.6) is 0 Å². The highest BCUT2D eigenvalue weighted by atomic mass is 16.3. The van der Waals surface area contributed by atoms with Gasteiger partial charge in [0, 0.05) is 31.1 Å². The summed E-state index contributed by atoms with van der Waals surface area (Å²) in [7, 11) is 0. The molecular formula is C16H20N2O. The summed E-state index contributed by atoms with van der Waals surface area (Å²) in [6.45, 7) is 2.04. The zero-order chi connectivity index (χ0) is 13.1. The number of nitrogens with zero attached hydrogens (tertiary/aromatic N) is 2. The minimum absolute atomic E-state index is 0.369. The fraction of sp³-hybridized carbons (Fsp3) is 0.438. The summed E-state index contributed by atoms with van der Waals surface area (Å²) in [5, 5.41) is 11.5. The highest BCUT2D eigenvalue weighted by Crippen LogP contribution is 2.20. The molecule has 1 saturated heterocycles. The maximum atomic E-state index is 10.4. The number of hydrogen-bond acceptors (Lipinski definition) is 3. The zero-order valence-electron chi connectivity index (χ0n) is 11.1. The molecule has 0 amide bonds. The van der Waals surface area contributed by atoms with Crippen molar-refractivity contribution in [3.8, 4) is 0 Å². The van der Waals surface area contributed by atoms with Gasteiger partial charge in [-0.25, -0.2) is 0 Å². The molecule has 2 aromatic rings. The van der Waals surface area contributed by atoms with Crippen molar-refractivity contribution in [1.82, 2.24) is 9.88 Å². The van der Waals surface area contributed by atoms with Crippen molar-refractivity contribution in [2.24, 2.45) is 0 Å². The molecule has 2 heterocycles. The quantitative estimate of drug-likeness (QED) is 0.917. The third-order valence-electron chi connectivity index (χ3n) is 3.95. The van der Waals surface area contributed by atoms with Gasteiger partial charge in [0.05, 0.1) is 5.52 Å². The molecule has 0 spiro atoms. The molecule has 1 unspecified atom stereocenters. The molecule has 1 atom stereocenters. The van der Waals surface area contributed by atoms with E-state index in [9.17, 15) is 5.11 Å². The predicted octanol–water partition coefficient (Wildman–Crippen LogP) is 2.58. The summed E-state index contributed by atoms with van der Waals surface area (Å²) in [4.78, 5) is 6.56. The molecule has 1 aromatic heterocycles. The second-order valence-electron chi connectivity index (χ2n) is 5.27. The fourth-order valence-electron chi connectivity index (χ4n) is 2.88. The van der Waals surface area contributed by atoms with E-state index in [0.29, 0.717) is 6.42 Å². The monoisotopic (exact) mass is 256 g/mol. The first kappa shape index (κ1) is 12.6. The maximum Gasteiger partial charge on any atom is 0.111 e. The third-order valence-corrected chi connectivity index (χ3v) is 3.95. The molecule has 0 saturated carbocycles. The van der Waals surface area contributed by atoms with Gasteiger partial charge >= 0.3 is 0 Å². The fourth-order valence-corrected chi connectivity index (χ4v) is 2.88. The van der Waals surface area contributed by atoms with Crippen LogP contribution in [0, 0.1) is 0 Å². The van der Waals surface area contributed by atoms with E-state index in [-0.39, 0.29) is 6.23 Å². The first-order valence-corrected chi connectivity index (χ1v) is 7.09. The molecule has 0 radical (unpaired) electrons. The lowest BCUT2D eigenvalue weighted by atomic mass is 10.0. The molecule has 1 aliphatic heterocycles. The van der Waals surface area contributed by atoms with Gasteiger partial charge in [-0.05, 0) is 30.5 Å². The van der Waals surface area contributed by atoms with Crippen molar-refractivity contribution < 1.29 is 5.11 Å². The lowest BCUT2D eigenvalue weighted by molar-refractivity contribution is -0.00676. The lowest BCUT2D eigenvalue weighted by Gasteiger charge is -2.31. The topological polar surface area (TPSA) is 36.4 Å². The van der Waals surface area contributed by atoms with Crippen molar-refractivity contribution in [3.63, 3.8) is 0 Å². The van der Waals surface area contributed by atoms with Crippen LogP contribution in [0.25, 0.3) is 10.9 Å². The highest BCUT2D eigenvalue weighted by Gasteiger charge is 2.19. The van der Waals surface area contributed by atoms with E-state index in [1.54, 1.807) is 0 Å². The number of aliphatic hydroxyl groups excluding tert-OH is 1. The molecule has 0 bridgehead atoms. The van der Waals surface area contributed by atoms with Crippen molar-refractivity contribution in [2.75, 3.05) is 13.1 Å². The summed E-state index contributed by atoms with van der Waals surface area (Å²) in [5.74, 6) is 0. The van der Waals surface area contributed by atoms with E-state index < -0.39 is 0 Å². The van der Waals surface area contributed by atoms with E-state index in [1.807, 2.05) is 30.5 Å². The number of benzene rings is 1. The number of pyridine rings is 1.